The zero-order chi connectivity index (χ0) is 16.4. The van der Waals surface area contributed by atoms with Crippen LogP contribution in [0.1, 0.15) is 16.7 Å². The van der Waals surface area contributed by atoms with Gasteiger partial charge < -0.3 is 4.74 Å². The Morgan fingerprint density at radius 2 is 1.91 bits per heavy atom. The molecule has 0 aromatic heterocycles. The van der Waals surface area contributed by atoms with Crippen molar-refractivity contribution in [1.82, 2.24) is 4.31 Å². The summed E-state index contributed by atoms with van der Waals surface area (Å²) in [6.07, 6.45) is 0.691. The van der Waals surface area contributed by atoms with E-state index >= 15 is 0 Å². The number of benzene rings is 2. The Balaban J connectivity index is 1.96. The summed E-state index contributed by atoms with van der Waals surface area (Å²) in [5.74, 6) is 0.371. The van der Waals surface area contributed by atoms with Gasteiger partial charge in [0, 0.05) is 13.1 Å². The van der Waals surface area contributed by atoms with Crippen molar-refractivity contribution in [1.29, 1.82) is 5.26 Å². The van der Waals surface area contributed by atoms with Crippen LogP contribution in [0.25, 0.3) is 0 Å². The van der Waals surface area contributed by atoms with Gasteiger partial charge in [-0.3, -0.25) is 0 Å². The van der Waals surface area contributed by atoms with E-state index in [4.69, 9.17) is 10.00 Å². The van der Waals surface area contributed by atoms with E-state index in [2.05, 4.69) is 0 Å². The van der Waals surface area contributed by atoms with Crippen molar-refractivity contribution in [2.45, 2.75) is 17.9 Å². The van der Waals surface area contributed by atoms with Gasteiger partial charge in [-0.1, -0.05) is 24.3 Å². The van der Waals surface area contributed by atoms with Crippen LogP contribution in [0, 0.1) is 11.3 Å². The fraction of sp³-hybridized carbons (Fsp3) is 0.235. The topological polar surface area (TPSA) is 70.4 Å². The van der Waals surface area contributed by atoms with Crippen LogP contribution < -0.4 is 4.74 Å². The standard InChI is InChI=1S/C17H16N2O3S/c1-22-17-7-6-16(10-15(17)11-18)23(20,21)19-9-8-13-4-2-3-5-14(13)12-19/h2-7,10H,8-9,12H2,1H3. The van der Waals surface area contributed by atoms with Crippen molar-refractivity contribution in [2.24, 2.45) is 0 Å². The van der Waals surface area contributed by atoms with Crippen molar-refractivity contribution in [2.75, 3.05) is 13.7 Å². The molecule has 0 radical (unpaired) electrons. The summed E-state index contributed by atoms with van der Waals surface area (Å²) in [6, 6.07) is 14.2. The minimum atomic E-state index is -3.64. The van der Waals surface area contributed by atoms with Crippen LogP contribution in [0.2, 0.25) is 0 Å². The van der Waals surface area contributed by atoms with Crippen molar-refractivity contribution in [3.05, 3.63) is 59.2 Å². The average molecular weight is 328 g/mol. The third-order valence-electron chi connectivity index (χ3n) is 4.02. The number of rotatable bonds is 3. The number of sulfonamides is 1. The van der Waals surface area contributed by atoms with Gasteiger partial charge in [0.2, 0.25) is 10.0 Å². The number of nitrogens with zero attached hydrogens (tertiary/aromatic N) is 2. The lowest BCUT2D eigenvalue weighted by Gasteiger charge is -2.28. The van der Waals surface area contributed by atoms with Gasteiger partial charge >= 0.3 is 0 Å². The van der Waals surface area contributed by atoms with Crippen LogP contribution in [0.5, 0.6) is 5.75 Å². The molecule has 0 fully saturated rings. The highest BCUT2D eigenvalue weighted by Crippen LogP contribution is 2.27. The summed E-state index contributed by atoms with van der Waals surface area (Å²) in [5, 5.41) is 9.14. The van der Waals surface area contributed by atoms with Gasteiger partial charge in [-0.05, 0) is 35.7 Å². The average Bonchev–Trinajstić information content (AvgIpc) is 2.60. The number of fused-ring (bicyclic) bond motifs is 1. The molecule has 2 aromatic carbocycles. The van der Waals surface area contributed by atoms with E-state index in [0.29, 0.717) is 25.3 Å². The maximum Gasteiger partial charge on any atom is 0.243 e. The van der Waals surface area contributed by atoms with Crippen LogP contribution >= 0.6 is 0 Å². The molecule has 0 saturated carbocycles. The Bertz CT molecular complexity index is 885. The lowest BCUT2D eigenvalue weighted by atomic mass is 10.0. The Kier molecular flexibility index (Phi) is 4.07. The van der Waals surface area contributed by atoms with Crippen molar-refractivity contribution in [3.63, 3.8) is 0 Å². The fourth-order valence-electron chi connectivity index (χ4n) is 2.76. The summed E-state index contributed by atoms with van der Waals surface area (Å²) >= 11 is 0. The van der Waals surface area contributed by atoms with Crippen LogP contribution in [0.15, 0.2) is 47.4 Å². The molecule has 0 N–H and O–H groups in total. The van der Waals surface area contributed by atoms with E-state index in [1.54, 1.807) is 0 Å². The third-order valence-corrected chi connectivity index (χ3v) is 5.87. The highest BCUT2D eigenvalue weighted by Gasteiger charge is 2.28. The quantitative estimate of drug-likeness (QED) is 0.867. The first kappa shape index (κ1) is 15.5. The molecule has 1 heterocycles. The largest absolute Gasteiger partial charge is 0.495 e. The first-order valence-corrected chi connectivity index (χ1v) is 8.65. The molecule has 0 bridgehead atoms. The van der Waals surface area contributed by atoms with E-state index in [9.17, 15) is 8.42 Å². The van der Waals surface area contributed by atoms with E-state index in [0.717, 1.165) is 5.56 Å². The summed E-state index contributed by atoms with van der Waals surface area (Å²) < 4.78 is 32.2. The van der Waals surface area contributed by atoms with Crippen LogP contribution in [-0.2, 0) is 23.0 Å². The smallest absolute Gasteiger partial charge is 0.243 e. The Morgan fingerprint density at radius 3 is 2.61 bits per heavy atom. The number of ether oxygens (including phenoxy) is 1. The van der Waals surface area contributed by atoms with Crippen molar-refractivity contribution in [3.8, 4) is 11.8 Å². The predicted molar refractivity (Wildman–Crippen MR) is 85.5 cm³/mol. The molecule has 0 unspecified atom stereocenters. The highest BCUT2D eigenvalue weighted by molar-refractivity contribution is 7.89. The monoisotopic (exact) mass is 328 g/mol. The van der Waals surface area contributed by atoms with E-state index in [1.165, 1.54) is 35.2 Å². The molecule has 0 spiro atoms. The van der Waals surface area contributed by atoms with Crippen LogP contribution in [-0.4, -0.2) is 26.4 Å². The summed E-state index contributed by atoms with van der Waals surface area (Å²) in [4.78, 5) is 0.120. The molecule has 5 nitrogen and oxygen atoms in total. The molecule has 0 amide bonds. The molecule has 0 saturated heterocycles. The molecule has 0 atom stereocenters. The molecule has 1 aliphatic heterocycles. The molecule has 118 valence electrons. The van der Waals surface area contributed by atoms with Crippen LogP contribution in [0.4, 0.5) is 0 Å². The SMILES string of the molecule is COc1ccc(S(=O)(=O)N2CCc3ccccc3C2)cc1C#N. The van der Waals surface area contributed by atoms with Crippen molar-refractivity contribution >= 4 is 10.0 Å². The van der Waals surface area contributed by atoms with E-state index < -0.39 is 10.0 Å². The summed E-state index contributed by atoms with van der Waals surface area (Å²) in [6.45, 7) is 0.791. The summed E-state index contributed by atoms with van der Waals surface area (Å²) in [7, 11) is -2.19. The predicted octanol–water partition coefficient (Wildman–Crippen LogP) is 2.31. The number of methoxy groups -OCH3 is 1. The fourth-order valence-corrected chi connectivity index (χ4v) is 4.20. The van der Waals surface area contributed by atoms with Gasteiger partial charge in [0.05, 0.1) is 17.6 Å². The first-order valence-electron chi connectivity index (χ1n) is 7.21. The minimum absolute atomic E-state index is 0.120. The van der Waals surface area contributed by atoms with Gasteiger partial charge in [-0.25, -0.2) is 8.42 Å². The third kappa shape index (κ3) is 2.81. The molecule has 6 heteroatoms. The molecule has 23 heavy (non-hydrogen) atoms. The number of hydrogen-bond acceptors (Lipinski definition) is 4. The number of hydrogen-bond donors (Lipinski definition) is 0. The maximum absolute atomic E-state index is 12.8. The highest BCUT2D eigenvalue weighted by atomic mass is 32.2. The van der Waals surface area contributed by atoms with Gasteiger partial charge in [0.25, 0.3) is 0 Å². The molecular formula is C17H16N2O3S. The zero-order valence-corrected chi connectivity index (χ0v) is 13.5. The molecule has 3 rings (SSSR count). The molecule has 0 aliphatic carbocycles. The zero-order valence-electron chi connectivity index (χ0n) is 12.7. The normalized spacial score (nSPS) is 14.8. The van der Waals surface area contributed by atoms with Crippen LogP contribution in [0.3, 0.4) is 0 Å². The van der Waals surface area contributed by atoms with Gasteiger partial charge in [-0.2, -0.15) is 9.57 Å². The maximum atomic E-state index is 12.8. The lowest BCUT2D eigenvalue weighted by molar-refractivity contribution is 0.391. The Hall–Kier alpha value is -2.36. The van der Waals surface area contributed by atoms with E-state index in [1.807, 2.05) is 30.3 Å². The Labute approximate surface area is 135 Å². The minimum Gasteiger partial charge on any atom is -0.495 e. The molecular weight excluding hydrogens is 312 g/mol. The van der Waals surface area contributed by atoms with Gasteiger partial charge in [0.15, 0.2) is 0 Å². The van der Waals surface area contributed by atoms with E-state index in [-0.39, 0.29) is 10.5 Å². The summed E-state index contributed by atoms with van der Waals surface area (Å²) in [5.41, 5.74) is 2.42. The second-order valence-corrected chi connectivity index (χ2v) is 7.27. The second kappa shape index (κ2) is 6.03. The van der Waals surface area contributed by atoms with Crippen molar-refractivity contribution < 1.29 is 13.2 Å². The Morgan fingerprint density at radius 1 is 1.17 bits per heavy atom. The first-order chi connectivity index (χ1) is 11.1. The molecule has 1 aliphatic rings. The van der Waals surface area contributed by atoms with Gasteiger partial charge in [0.1, 0.15) is 11.8 Å². The number of nitriles is 1. The second-order valence-electron chi connectivity index (χ2n) is 5.33. The van der Waals surface area contributed by atoms with Gasteiger partial charge in [-0.15, -0.1) is 0 Å². The molecule has 2 aromatic rings. The lowest BCUT2D eigenvalue weighted by Crippen LogP contribution is -2.35.